The van der Waals surface area contributed by atoms with Gasteiger partial charge < -0.3 is 4.57 Å². The first kappa shape index (κ1) is 10.3. The third-order valence-electron chi connectivity index (χ3n) is 2.26. The minimum absolute atomic E-state index is 0.810. The van der Waals surface area contributed by atoms with Crippen LogP contribution in [0.5, 0.6) is 0 Å². The smallest absolute Gasteiger partial charge is 0.0492 e. The quantitative estimate of drug-likeness (QED) is 0.727. The minimum atomic E-state index is 0.810. The van der Waals surface area contributed by atoms with Crippen LogP contribution in [0.3, 0.4) is 0 Å². The molecule has 2 aromatic rings. The molecule has 14 heavy (non-hydrogen) atoms. The molecule has 3 heteroatoms. The third-order valence-corrected chi connectivity index (χ3v) is 3.35. The molecule has 0 saturated carbocycles. The predicted molar refractivity (Wildman–Crippen MR) is 70.0 cm³/mol. The zero-order valence-corrected chi connectivity index (χ0v) is 10.8. The Hall–Kier alpha value is -0.220. The summed E-state index contributed by atoms with van der Waals surface area (Å²) in [5.74, 6) is 0. The van der Waals surface area contributed by atoms with E-state index < -0.39 is 0 Å². The fourth-order valence-corrected chi connectivity index (χ4v) is 2.59. The first-order chi connectivity index (χ1) is 6.72. The number of hydrogen-bond donors (Lipinski definition) is 0. The molecule has 0 N–H and O–H groups in total. The number of hydrogen-bond acceptors (Lipinski definition) is 0. The Balaban J connectivity index is 2.65. The van der Waals surface area contributed by atoms with Gasteiger partial charge in [0.15, 0.2) is 0 Å². The van der Waals surface area contributed by atoms with Crippen molar-refractivity contribution in [1.29, 1.82) is 0 Å². The molecular formula is C11H11ClIN. The number of rotatable bonds is 2. The summed E-state index contributed by atoms with van der Waals surface area (Å²) in [4.78, 5) is 0. The largest absolute Gasteiger partial charge is 0.346 e. The zero-order chi connectivity index (χ0) is 10.1. The summed E-state index contributed by atoms with van der Waals surface area (Å²) in [6, 6.07) is 6.08. The van der Waals surface area contributed by atoms with Gasteiger partial charge in [-0.25, -0.2) is 0 Å². The summed E-state index contributed by atoms with van der Waals surface area (Å²) in [5, 5.41) is 2.07. The van der Waals surface area contributed by atoms with Crippen molar-refractivity contribution < 1.29 is 0 Å². The SMILES string of the molecule is CCCn1cc(I)c2cc(Cl)ccc21. The van der Waals surface area contributed by atoms with Crippen molar-refractivity contribution in [2.75, 3.05) is 0 Å². The van der Waals surface area contributed by atoms with Gasteiger partial charge in [0, 0.05) is 32.2 Å². The molecule has 0 bridgehead atoms. The van der Waals surface area contributed by atoms with Crippen LogP contribution < -0.4 is 0 Å². The maximum absolute atomic E-state index is 5.96. The van der Waals surface area contributed by atoms with Crippen LogP contribution in [0.15, 0.2) is 24.4 Å². The summed E-state index contributed by atoms with van der Waals surface area (Å²) >= 11 is 8.32. The molecule has 0 amide bonds. The van der Waals surface area contributed by atoms with Gasteiger partial charge in [-0.3, -0.25) is 0 Å². The Kier molecular flexibility index (Phi) is 3.02. The second-order valence-electron chi connectivity index (χ2n) is 3.33. The Morgan fingerprint density at radius 3 is 2.93 bits per heavy atom. The fourth-order valence-electron chi connectivity index (χ4n) is 1.65. The van der Waals surface area contributed by atoms with E-state index in [1.54, 1.807) is 0 Å². The van der Waals surface area contributed by atoms with E-state index in [2.05, 4.69) is 46.3 Å². The molecule has 0 fully saturated rings. The van der Waals surface area contributed by atoms with Crippen LogP contribution in [0.1, 0.15) is 13.3 Å². The molecule has 1 aromatic heterocycles. The second kappa shape index (κ2) is 4.11. The van der Waals surface area contributed by atoms with Gasteiger partial charge in [-0.2, -0.15) is 0 Å². The normalized spacial score (nSPS) is 11.1. The van der Waals surface area contributed by atoms with Gasteiger partial charge >= 0.3 is 0 Å². The van der Waals surface area contributed by atoms with Crippen molar-refractivity contribution in [3.05, 3.63) is 33.0 Å². The monoisotopic (exact) mass is 319 g/mol. The van der Waals surface area contributed by atoms with E-state index in [0.29, 0.717) is 0 Å². The van der Waals surface area contributed by atoms with Crippen LogP contribution in [0.2, 0.25) is 5.02 Å². The molecule has 1 heterocycles. The van der Waals surface area contributed by atoms with Crippen molar-refractivity contribution in [2.45, 2.75) is 19.9 Å². The second-order valence-corrected chi connectivity index (χ2v) is 4.93. The lowest BCUT2D eigenvalue weighted by Crippen LogP contribution is -1.93. The van der Waals surface area contributed by atoms with E-state index in [1.165, 1.54) is 14.5 Å². The fraction of sp³-hybridized carbons (Fsp3) is 0.273. The molecule has 0 aliphatic carbocycles. The van der Waals surface area contributed by atoms with E-state index in [4.69, 9.17) is 11.6 Å². The van der Waals surface area contributed by atoms with Gasteiger partial charge in [-0.15, -0.1) is 0 Å². The number of halogens is 2. The maximum atomic E-state index is 5.96. The summed E-state index contributed by atoms with van der Waals surface area (Å²) in [7, 11) is 0. The molecule has 0 unspecified atom stereocenters. The number of aryl methyl sites for hydroxylation is 1. The molecule has 1 nitrogen and oxygen atoms in total. The molecule has 0 aliphatic rings. The van der Waals surface area contributed by atoms with Crippen LogP contribution in [0.25, 0.3) is 10.9 Å². The number of nitrogens with zero attached hydrogens (tertiary/aromatic N) is 1. The van der Waals surface area contributed by atoms with Gasteiger partial charge in [-0.1, -0.05) is 18.5 Å². The highest BCUT2D eigenvalue weighted by atomic mass is 127. The zero-order valence-electron chi connectivity index (χ0n) is 7.93. The summed E-state index contributed by atoms with van der Waals surface area (Å²) in [5.41, 5.74) is 1.28. The Morgan fingerprint density at radius 2 is 2.21 bits per heavy atom. The summed E-state index contributed by atoms with van der Waals surface area (Å²) < 4.78 is 3.56. The number of aromatic nitrogens is 1. The van der Waals surface area contributed by atoms with Gasteiger partial charge in [0.1, 0.15) is 0 Å². The van der Waals surface area contributed by atoms with Gasteiger partial charge in [0.25, 0.3) is 0 Å². The summed E-state index contributed by atoms with van der Waals surface area (Å²) in [6.07, 6.45) is 3.34. The topological polar surface area (TPSA) is 4.93 Å². The predicted octanol–water partition coefficient (Wildman–Crippen LogP) is 4.31. The molecule has 0 spiro atoms. The van der Waals surface area contributed by atoms with E-state index in [9.17, 15) is 0 Å². The minimum Gasteiger partial charge on any atom is -0.346 e. The van der Waals surface area contributed by atoms with Gasteiger partial charge in [0.05, 0.1) is 0 Å². The lowest BCUT2D eigenvalue weighted by molar-refractivity contribution is 0.702. The van der Waals surface area contributed by atoms with Gasteiger partial charge in [-0.05, 0) is 47.2 Å². The summed E-state index contributed by atoms with van der Waals surface area (Å²) in [6.45, 7) is 3.26. The van der Waals surface area contributed by atoms with E-state index in [0.717, 1.165) is 18.0 Å². The van der Waals surface area contributed by atoms with Crippen LogP contribution >= 0.6 is 34.2 Å². The van der Waals surface area contributed by atoms with E-state index >= 15 is 0 Å². The Bertz CT molecular complexity index is 462. The Morgan fingerprint density at radius 1 is 1.43 bits per heavy atom. The van der Waals surface area contributed by atoms with Crippen LogP contribution in [0, 0.1) is 3.57 Å². The molecule has 0 atom stereocenters. The van der Waals surface area contributed by atoms with Crippen molar-refractivity contribution in [3.8, 4) is 0 Å². The maximum Gasteiger partial charge on any atom is 0.0492 e. The van der Waals surface area contributed by atoms with E-state index in [-0.39, 0.29) is 0 Å². The highest BCUT2D eigenvalue weighted by Crippen LogP contribution is 2.26. The van der Waals surface area contributed by atoms with Crippen LogP contribution in [0.4, 0.5) is 0 Å². The van der Waals surface area contributed by atoms with Crippen molar-refractivity contribution >= 4 is 45.1 Å². The van der Waals surface area contributed by atoms with Crippen LogP contribution in [-0.2, 0) is 6.54 Å². The average molecular weight is 320 g/mol. The molecule has 1 aromatic carbocycles. The van der Waals surface area contributed by atoms with E-state index in [1.807, 2.05) is 12.1 Å². The highest BCUT2D eigenvalue weighted by Gasteiger charge is 2.05. The van der Waals surface area contributed by atoms with Crippen LogP contribution in [-0.4, -0.2) is 4.57 Å². The third kappa shape index (κ3) is 1.77. The number of fused-ring (bicyclic) bond motifs is 1. The molecule has 74 valence electrons. The highest BCUT2D eigenvalue weighted by molar-refractivity contribution is 14.1. The molecule has 0 aliphatic heterocycles. The van der Waals surface area contributed by atoms with Gasteiger partial charge in [0.2, 0.25) is 0 Å². The van der Waals surface area contributed by atoms with Crippen molar-refractivity contribution in [2.24, 2.45) is 0 Å². The number of benzene rings is 1. The molecular weight excluding hydrogens is 308 g/mol. The van der Waals surface area contributed by atoms with Crippen molar-refractivity contribution in [3.63, 3.8) is 0 Å². The first-order valence-electron chi connectivity index (χ1n) is 4.66. The standard InChI is InChI=1S/C11H11ClIN/c1-2-5-14-7-10(13)9-6-8(12)3-4-11(9)14/h3-4,6-7H,2,5H2,1H3. The van der Waals surface area contributed by atoms with Crippen molar-refractivity contribution in [1.82, 2.24) is 4.57 Å². The average Bonchev–Trinajstić information content (AvgIpc) is 2.44. The molecule has 2 rings (SSSR count). The molecule has 0 radical (unpaired) electrons. The first-order valence-corrected chi connectivity index (χ1v) is 6.12. The molecule has 0 saturated heterocycles. The lowest BCUT2D eigenvalue weighted by Gasteiger charge is -2.01. The lowest BCUT2D eigenvalue weighted by atomic mass is 10.2. The Labute approximate surface area is 102 Å².